The Bertz CT molecular complexity index is 670. The molecule has 0 saturated carbocycles. The van der Waals surface area contributed by atoms with Gasteiger partial charge in [-0.1, -0.05) is 23.8 Å². The van der Waals surface area contributed by atoms with Crippen molar-refractivity contribution < 1.29 is 14.3 Å². The zero-order valence-corrected chi connectivity index (χ0v) is 12.3. The molecule has 5 heteroatoms. The molecule has 0 bridgehead atoms. The first-order valence-electron chi connectivity index (χ1n) is 6.56. The average molecular weight is 304 g/mol. The summed E-state index contributed by atoms with van der Waals surface area (Å²) in [5.41, 5.74) is 2.82. The molecule has 0 atom stereocenters. The van der Waals surface area contributed by atoms with Crippen LogP contribution >= 0.6 is 11.6 Å². The van der Waals surface area contributed by atoms with Crippen LogP contribution in [0.4, 0.5) is 10.5 Å². The molecule has 0 N–H and O–H groups in total. The van der Waals surface area contributed by atoms with Gasteiger partial charge in [-0.3, -0.25) is 9.69 Å². The maximum Gasteiger partial charge on any atom is 0.321 e. The minimum absolute atomic E-state index is 0.231. The van der Waals surface area contributed by atoms with Crippen LogP contribution in [0.25, 0.3) is 0 Å². The molecule has 2 aromatic carbocycles. The highest BCUT2D eigenvalue weighted by molar-refractivity contribution is 6.66. The van der Waals surface area contributed by atoms with Crippen molar-refractivity contribution in [2.45, 2.75) is 13.5 Å². The van der Waals surface area contributed by atoms with E-state index < -0.39 is 5.37 Å². The van der Waals surface area contributed by atoms with Gasteiger partial charge >= 0.3 is 5.37 Å². The number of carbonyl (C=O) groups excluding carboxylic acids is 1. The topological polar surface area (TPSA) is 38.8 Å². The number of anilines is 1. The molecule has 0 radical (unpaired) electrons. The van der Waals surface area contributed by atoms with Crippen LogP contribution in [0.3, 0.4) is 0 Å². The molecule has 1 aliphatic rings. The van der Waals surface area contributed by atoms with Crippen LogP contribution in [-0.4, -0.2) is 12.2 Å². The Hall–Kier alpha value is -2.20. The highest BCUT2D eigenvalue weighted by atomic mass is 35.5. The summed E-state index contributed by atoms with van der Waals surface area (Å²) in [5.74, 6) is 1.41. The monoisotopic (exact) mass is 303 g/mol. The molecule has 0 aromatic heterocycles. The van der Waals surface area contributed by atoms with Crippen LogP contribution in [0.1, 0.15) is 11.1 Å². The number of benzene rings is 2. The van der Waals surface area contributed by atoms with E-state index in [1.807, 2.05) is 49.4 Å². The second kappa shape index (κ2) is 5.66. The number of ether oxygens (including phenoxy) is 2. The normalized spacial score (nSPS) is 12.3. The molecule has 108 valence electrons. The van der Waals surface area contributed by atoms with Crippen LogP contribution in [0.5, 0.6) is 11.5 Å². The first kappa shape index (κ1) is 13.8. The van der Waals surface area contributed by atoms with Crippen LogP contribution in [-0.2, 0) is 6.54 Å². The number of fused-ring (bicyclic) bond motifs is 1. The van der Waals surface area contributed by atoms with Crippen molar-refractivity contribution in [2.75, 3.05) is 11.7 Å². The van der Waals surface area contributed by atoms with Gasteiger partial charge in [0.1, 0.15) is 0 Å². The van der Waals surface area contributed by atoms with Crippen molar-refractivity contribution in [3.63, 3.8) is 0 Å². The number of aryl methyl sites for hydroxylation is 1. The number of halogens is 1. The number of nitrogens with zero attached hydrogens (tertiary/aromatic N) is 1. The summed E-state index contributed by atoms with van der Waals surface area (Å²) in [5, 5.41) is -0.517. The van der Waals surface area contributed by atoms with Crippen molar-refractivity contribution in [2.24, 2.45) is 0 Å². The standard InChI is InChI=1S/C16H14ClNO3/c1-11-2-5-13(6-3-11)18(16(17)19)9-12-4-7-14-15(8-12)21-10-20-14/h2-8H,9-10H2,1H3. The quantitative estimate of drug-likeness (QED) is 0.633. The molecule has 0 saturated heterocycles. The van der Waals surface area contributed by atoms with E-state index >= 15 is 0 Å². The molecule has 0 unspecified atom stereocenters. The zero-order valence-electron chi connectivity index (χ0n) is 11.5. The van der Waals surface area contributed by atoms with Gasteiger partial charge in [0.25, 0.3) is 0 Å². The van der Waals surface area contributed by atoms with Gasteiger partial charge in [-0.25, -0.2) is 0 Å². The summed E-state index contributed by atoms with van der Waals surface area (Å²) in [6.45, 7) is 2.60. The Morgan fingerprint density at radius 2 is 1.86 bits per heavy atom. The maximum absolute atomic E-state index is 11.7. The highest BCUT2D eigenvalue weighted by Gasteiger charge is 2.17. The van der Waals surface area contributed by atoms with Crippen LogP contribution in [0.15, 0.2) is 42.5 Å². The Labute approximate surface area is 127 Å². The van der Waals surface area contributed by atoms with Crippen molar-refractivity contribution in [3.8, 4) is 11.5 Å². The fourth-order valence-corrected chi connectivity index (χ4v) is 2.36. The van der Waals surface area contributed by atoms with Gasteiger partial charge in [0.2, 0.25) is 6.79 Å². The predicted molar refractivity (Wildman–Crippen MR) is 81.2 cm³/mol. The SMILES string of the molecule is Cc1ccc(N(Cc2ccc3c(c2)OCO3)C(=O)Cl)cc1. The lowest BCUT2D eigenvalue weighted by Crippen LogP contribution is -2.25. The van der Waals surface area contributed by atoms with E-state index in [2.05, 4.69) is 0 Å². The smallest absolute Gasteiger partial charge is 0.321 e. The minimum Gasteiger partial charge on any atom is -0.454 e. The van der Waals surface area contributed by atoms with E-state index in [-0.39, 0.29) is 6.79 Å². The summed E-state index contributed by atoms with van der Waals surface area (Å²) in [4.78, 5) is 13.2. The molecule has 21 heavy (non-hydrogen) atoms. The lowest BCUT2D eigenvalue weighted by atomic mass is 10.1. The summed E-state index contributed by atoms with van der Waals surface area (Å²) >= 11 is 5.72. The second-order valence-corrected chi connectivity index (χ2v) is 5.19. The number of rotatable bonds is 3. The molecule has 1 amide bonds. The number of hydrogen-bond donors (Lipinski definition) is 0. The van der Waals surface area contributed by atoms with E-state index in [0.29, 0.717) is 12.3 Å². The van der Waals surface area contributed by atoms with Gasteiger partial charge in [0, 0.05) is 5.69 Å². The molecule has 0 spiro atoms. The molecule has 2 aromatic rings. The molecule has 3 rings (SSSR count). The van der Waals surface area contributed by atoms with Gasteiger partial charge in [0.15, 0.2) is 11.5 Å². The van der Waals surface area contributed by atoms with Crippen molar-refractivity contribution >= 4 is 22.7 Å². The average Bonchev–Trinajstić information content (AvgIpc) is 2.93. The predicted octanol–water partition coefficient (Wildman–Crippen LogP) is 4.09. The molecular formula is C16H14ClNO3. The van der Waals surface area contributed by atoms with Crippen LogP contribution in [0, 0.1) is 6.92 Å². The van der Waals surface area contributed by atoms with Crippen molar-refractivity contribution in [3.05, 3.63) is 53.6 Å². The third kappa shape index (κ3) is 2.95. The van der Waals surface area contributed by atoms with Gasteiger partial charge in [-0.2, -0.15) is 0 Å². The summed E-state index contributed by atoms with van der Waals surface area (Å²) in [6, 6.07) is 13.2. The second-order valence-electron chi connectivity index (χ2n) is 4.86. The lowest BCUT2D eigenvalue weighted by Gasteiger charge is -2.20. The highest BCUT2D eigenvalue weighted by Crippen LogP contribution is 2.33. The number of amides is 1. The fraction of sp³-hybridized carbons (Fsp3) is 0.188. The molecule has 1 heterocycles. The molecule has 1 aliphatic heterocycles. The van der Waals surface area contributed by atoms with E-state index in [4.69, 9.17) is 21.1 Å². The van der Waals surface area contributed by atoms with Crippen LogP contribution in [0.2, 0.25) is 0 Å². The van der Waals surface area contributed by atoms with E-state index in [1.165, 1.54) is 4.90 Å². The Kier molecular flexibility index (Phi) is 3.71. The third-order valence-corrected chi connectivity index (χ3v) is 3.54. The fourth-order valence-electron chi connectivity index (χ4n) is 2.20. The first-order chi connectivity index (χ1) is 10.1. The Balaban J connectivity index is 1.85. The minimum atomic E-state index is -0.517. The van der Waals surface area contributed by atoms with Gasteiger partial charge in [-0.05, 0) is 48.4 Å². The molecule has 0 fully saturated rings. The maximum atomic E-state index is 11.7. The zero-order chi connectivity index (χ0) is 14.8. The Morgan fingerprint density at radius 1 is 1.14 bits per heavy atom. The molecule has 0 aliphatic carbocycles. The van der Waals surface area contributed by atoms with Crippen LogP contribution < -0.4 is 14.4 Å². The first-order valence-corrected chi connectivity index (χ1v) is 6.93. The summed E-state index contributed by atoms with van der Waals surface area (Å²) < 4.78 is 10.6. The molecular weight excluding hydrogens is 290 g/mol. The summed E-state index contributed by atoms with van der Waals surface area (Å²) in [6.07, 6.45) is 0. The summed E-state index contributed by atoms with van der Waals surface area (Å²) in [7, 11) is 0. The van der Waals surface area contributed by atoms with E-state index in [9.17, 15) is 4.79 Å². The van der Waals surface area contributed by atoms with E-state index in [1.54, 1.807) is 0 Å². The third-order valence-electron chi connectivity index (χ3n) is 3.34. The number of hydrogen-bond acceptors (Lipinski definition) is 3. The van der Waals surface area contributed by atoms with Gasteiger partial charge in [0.05, 0.1) is 6.54 Å². The molecule has 4 nitrogen and oxygen atoms in total. The Morgan fingerprint density at radius 3 is 2.57 bits per heavy atom. The number of carbonyl (C=O) groups is 1. The van der Waals surface area contributed by atoms with Gasteiger partial charge < -0.3 is 9.47 Å². The van der Waals surface area contributed by atoms with Crippen molar-refractivity contribution in [1.82, 2.24) is 0 Å². The van der Waals surface area contributed by atoms with E-state index in [0.717, 1.165) is 22.6 Å². The lowest BCUT2D eigenvalue weighted by molar-refractivity contribution is 0.174. The largest absolute Gasteiger partial charge is 0.454 e. The van der Waals surface area contributed by atoms with Gasteiger partial charge in [-0.15, -0.1) is 0 Å². The van der Waals surface area contributed by atoms with Crippen molar-refractivity contribution in [1.29, 1.82) is 0 Å².